The molecule has 4 nitrogen and oxygen atoms in total. The summed E-state index contributed by atoms with van der Waals surface area (Å²) in [6.07, 6.45) is 2.96. The zero-order valence-corrected chi connectivity index (χ0v) is 16.0. The second kappa shape index (κ2) is 7.00. The first kappa shape index (κ1) is 17.7. The van der Waals surface area contributed by atoms with Crippen LogP contribution in [0.25, 0.3) is 0 Å². The van der Waals surface area contributed by atoms with Crippen LogP contribution in [0.3, 0.4) is 0 Å². The molecule has 25 heavy (non-hydrogen) atoms. The number of carbonyl (C=O) groups excluding carboxylic acids is 2. The summed E-state index contributed by atoms with van der Waals surface area (Å²) in [6.45, 7) is 6.25. The average molecular weight is 356 g/mol. The standard InChI is InChI=1S/C20H24N2O2S/c1-11-5-8-15-16(9-11)25-20(17(15)19(24)21-4)22-18(23)14-7-6-12(2)13(3)10-14/h6-7,10-11H,5,8-9H2,1-4H3,(H,21,24)(H,22,23)/t11-/m1/s1. The monoisotopic (exact) mass is 356 g/mol. The van der Waals surface area contributed by atoms with Crippen LogP contribution in [0.5, 0.6) is 0 Å². The molecule has 0 saturated heterocycles. The lowest BCUT2D eigenvalue weighted by molar-refractivity contribution is 0.0963. The topological polar surface area (TPSA) is 58.2 Å². The molecular weight excluding hydrogens is 332 g/mol. The van der Waals surface area contributed by atoms with E-state index < -0.39 is 0 Å². The third kappa shape index (κ3) is 3.47. The van der Waals surface area contributed by atoms with E-state index in [1.54, 1.807) is 18.4 Å². The molecule has 0 spiro atoms. The summed E-state index contributed by atoms with van der Waals surface area (Å²) in [5.74, 6) is 0.328. The number of aryl methyl sites for hydroxylation is 2. The van der Waals surface area contributed by atoms with Crippen LogP contribution >= 0.6 is 11.3 Å². The van der Waals surface area contributed by atoms with Crippen molar-refractivity contribution in [3.8, 4) is 0 Å². The number of rotatable bonds is 3. The van der Waals surface area contributed by atoms with Gasteiger partial charge in [-0.1, -0.05) is 13.0 Å². The molecule has 1 aliphatic carbocycles. The Kier molecular flexibility index (Phi) is 4.95. The molecule has 132 valence electrons. The molecule has 0 fully saturated rings. The normalized spacial score (nSPS) is 16.2. The quantitative estimate of drug-likeness (QED) is 0.870. The van der Waals surface area contributed by atoms with Gasteiger partial charge in [0.25, 0.3) is 11.8 Å². The van der Waals surface area contributed by atoms with Crippen LogP contribution in [-0.2, 0) is 12.8 Å². The van der Waals surface area contributed by atoms with E-state index in [2.05, 4.69) is 17.6 Å². The van der Waals surface area contributed by atoms with Gasteiger partial charge < -0.3 is 10.6 Å². The number of benzene rings is 1. The zero-order chi connectivity index (χ0) is 18.1. The Bertz CT molecular complexity index is 838. The SMILES string of the molecule is CNC(=O)c1c(NC(=O)c2ccc(C)c(C)c2)sc2c1CC[C@@H](C)C2. The predicted octanol–water partition coefficient (Wildman–Crippen LogP) is 4.10. The summed E-state index contributed by atoms with van der Waals surface area (Å²) in [5, 5.41) is 6.36. The van der Waals surface area contributed by atoms with E-state index in [0.717, 1.165) is 36.0 Å². The summed E-state index contributed by atoms with van der Waals surface area (Å²) < 4.78 is 0. The van der Waals surface area contributed by atoms with Crippen molar-refractivity contribution in [1.29, 1.82) is 0 Å². The minimum Gasteiger partial charge on any atom is -0.355 e. The minimum atomic E-state index is -0.167. The van der Waals surface area contributed by atoms with E-state index in [1.165, 1.54) is 4.88 Å². The Balaban J connectivity index is 1.95. The molecule has 5 heteroatoms. The van der Waals surface area contributed by atoms with E-state index in [0.29, 0.717) is 22.0 Å². The number of thiophene rings is 1. The van der Waals surface area contributed by atoms with Crippen molar-refractivity contribution in [1.82, 2.24) is 5.32 Å². The minimum absolute atomic E-state index is 0.123. The zero-order valence-electron chi connectivity index (χ0n) is 15.2. The van der Waals surface area contributed by atoms with Crippen molar-refractivity contribution >= 4 is 28.2 Å². The van der Waals surface area contributed by atoms with Gasteiger partial charge in [0.05, 0.1) is 5.56 Å². The molecular formula is C20H24N2O2S. The Morgan fingerprint density at radius 1 is 1.16 bits per heavy atom. The highest BCUT2D eigenvalue weighted by Crippen LogP contribution is 2.39. The van der Waals surface area contributed by atoms with Gasteiger partial charge in [-0.05, 0) is 67.9 Å². The molecule has 1 aromatic heterocycles. The second-order valence-corrected chi connectivity index (χ2v) is 7.99. The summed E-state index contributed by atoms with van der Waals surface area (Å²) in [4.78, 5) is 26.3. The molecule has 2 amide bonds. The third-order valence-electron chi connectivity index (χ3n) is 4.96. The van der Waals surface area contributed by atoms with Crippen LogP contribution in [-0.4, -0.2) is 18.9 Å². The molecule has 0 radical (unpaired) electrons. The van der Waals surface area contributed by atoms with E-state index in [-0.39, 0.29) is 11.8 Å². The van der Waals surface area contributed by atoms with Crippen molar-refractivity contribution in [2.45, 2.75) is 40.0 Å². The van der Waals surface area contributed by atoms with E-state index >= 15 is 0 Å². The summed E-state index contributed by atoms with van der Waals surface area (Å²) in [6, 6.07) is 5.66. The van der Waals surface area contributed by atoms with Crippen molar-refractivity contribution in [3.63, 3.8) is 0 Å². The molecule has 0 bridgehead atoms. The first-order valence-electron chi connectivity index (χ1n) is 8.66. The van der Waals surface area contributed by atoms with Crippen LogP contribution < -0.4 is 10.6 Å². The van der Waals surface area contributed by atoms with Crippen LogP contribution in [0.2, 0.25) is 0 Å². The van der Waals surface area contributed by atoms with Gasteiger partial charge in [-0.15, -0.1) is 11.3 Å². The van der Waals surface area contributed by atoms with Crippen LogP contribution in [0.1, 0.15) is 55.6 Å². The fraction of sp³-hybridized carbons (Fsp3) is 0.400. The maximum atomic E-state index is 12.7. The summed E-state index contributed by atoms with van der Waals surface area (Å²) >= 11 is 1.55. The largest absolute Gasteiger partial charge is 0.355 e. The molecule has 0 unspecified atom stereocenters. The average Bonchev–Trinajstić information content (AvgIpc) is 2.93. The number of carbonyl (C=O) groups is 2. The van der Waals surface area contributed by atoms with Gasteiger partial charge in [-0.2, -0.15) is 0 Å². The van der Waals surface area contributed by atoms with Gasteiger partial charge in [0.2, 0.25) is 0 Å². The smallest absolute Gasteiger partial charge is 0.256 e. The number of amides is 2. The predicted molar refractivity (Wildman–Crippen MR) is 103 cm³/mol. The van der Waals surface area contributed by atoms with Gasteiger partial charge in [0.15, 0.2) is 0 Å². The van der Waals surface area contributed by atoms with Crippen LogP contribution in [0, 0.1) is 19.8 Å². The van der Waals surface area contributed by atoms with Gasteiger partial charge in [-0.3, -0.25) is 9.59 Å². The van der Waals surface area contributed by atoms with Crippen molar-refractivity contribution in [3.05, 3.63) is 50.9 Å². The Labute approximate surface area is 152 Å². The van der Waals surface area contributed by atoms with Crippen molar-refractivity contribution in [2.24, 2.45) is 5.92 Å². The lowest BCUT2D eigenvalue weighted by Crippen LogP contribution is -2.22. The Hall–Kier alpha value is -2.14. The molecule has 0 saturated carbocycles. The number of hydrogen-bond acceptors (Lipinski definition) is 3. The maximum Gasteiger partial charge on any atom is 0.256 e. The Morgan fingerprint density at radius 2 is 1.92 bits per heavy atom. The number of nitrogens with one attached hydrogen (secondary N) is 2. The highest BCUT2D eigenvalue weighted by atomic mass is 32.1. The summed E-state index contributed by atoms with van der Waals surface area (Å²) in [7, 11) is 1.63. The first-order valence-corrected chi connectivity index (χ1v) is 9.47. The molecule has 1 aliphatic rings. The fourth-order valence-corrected chi connectivity index (χ4v) is 4.67. The van der Waals surface area contributed by atoms with Crippen molar-refractivity contribution in [2.75, 3.05) is 12.4 Å². The van der Waals surface area contributed by atoms with Gasteiger partial charge in [0, 0.05) is 17.5 Å². The second-order valence-electron chi connectivity index (χ2n) is 6.89. The van der Waals surface area contributed by atoms with Crippen molar-refractivity contribution < 1.29 is 9.59 Å². The first-order chi connectivity index (χ1) is 11.9. The van der Waals surface area contributed by atoms with Gasteiger partial charge in [-0.25, -0.2) is 0 Å². The van der Waals surface area contributed by atoms with E-state index in [9.17, 15) is 9.59 Å². The highest BCUT2D eigenvalue weighted by Gasteiger charge is 2.28. The molecule has 2 aromatic rings. The molecule has 2 N–H and O–H groups in total. The third-order valence-corrected chi connectivity index (χ3v) is 6.13. The lowest BCUT2D eigenvalue weighted by atomic mass is 9.88. The van der Waals surface area contributed by atoms with E-state index in [4.69, 9.17) is 0 Å². The summed E-state index contributed by atoms with van der Waals surface area (Å²) in [5.41, 5.74) is 4.61. The number of anilines is 1. The van der Waals surface area contributed by atoms with Crippen LogP contribution in [0.4, 0.5) is 5.00 Å². The number of hydrogen-bond donors (Lipinski definition) is 2. The highest BCUT2D eigenvalue weighted by molar-refractivity contribution is 7.17. The molecule has 1 aromatic carbocycles. The van der Waals surface area contributed by atoms with Gasteiger partial charge in [0.1, 0.15) is 5.00 Å². The van der Waals surface area contributed by atoms with Crippen LogP contribution in [0.15, 0.2) is 18.2 Å². The van der Waals surface area contributed by atoms with E-state index in [1.807, 2.05) is 32.0 Å². The number of fused-ring (bicyclic) bond motifs is 1. The van der Waals surface area contributed by atoms with Gasteiger partial charge >= 0.3 is 0 Å². The molecule has 0 aliphatic heterocycles. The maximum absolute atomic E-state index is 12.7. The Morgan fingerprint density at radius 3 is 2.60 bits per heavy atom. The molecule has 1 atom stereocenters. The lowest BCUT2D eigenvalue weighted by Gasteiger charge is -2.18. The molecule has 1 heterocycles. The fourth-order valence-electron chi connectivity index (χ4n) is 3.26. The molecule has 3 rings (SSSR count).